The van der Waals surface area contributed by atoms with Gasteiger partial charge in [0.15, 0.2) is 0 Å². The normalized spacial score (nSPS) is 36.6. The van der Waals surface area contributed by atoms with Crippen molar-refractivity contribution < 1.29 is 23.9 Å². The summed E-state index contributed by atoms with van der Waals surface area (Å²) >= 11 is 0. The fourth-order valence-corrected chi connectivity index (χ4v) is 4.24. The van der Waals surface area contributed by atoms with Crippen LogP contribution in [0.4, 0.5) is 0 Å². The number of allylic oxidation sites excluding steroid dienone is 1. The number of esters is 1. The van der Waals surface area contributed by atoms with E-state index in [-0.39, 0.29) is 36.2 Å². The number of hydrogen-bond acceptors (Lipinski definition) is 5. The fraction of sp³-hybridized carbons (Fsp3) is 0.762. The smallest absolute Gasteiger partial charge is 0.332 e. The molecule has 7 heteroatoms. The van der Waals surface area contributed by atoms with Gasteiger partial charge in [-0.1, -0.05) is 19.1 Å². The summed E-state index contributed by atoms with van der Waals surface area (Å²) in [5.41, 5.74) is -0.994. The van der Waals surface area contributed by atoms with Gasteiger partial charge in [-0.05, 0) is 51.9 Å². The Balaban J connectivity index is 1.84. The number of nitrogens with zero attached hydrogens (tertiary/aromatic N) is 1. The standard InChI is InChI=1S/C21H32N2O5/c1-4-27-20(26)21-12-16(21)9-7-5-6-8-10-28-15(3)19(25)23-13-14(2)11-17(23)18(24)22-21/h7,9,14-17H,4-6,8,10-13H2,1-3H3,(H,22,24). The molecule has 2 heterocycles. The molecule has 1 N–H and O–H groups in total. The van der Waals surface area contributed by atoms with E-state index in [2.05, 4.69) is 11.4 Å². The molecule has 28 heavy (non-hydrogen) atoms. The zero-order valence-electron chi connectivity index (χ0n) is 17.1. The van der Waals surface area contributed by atoms with Crippen molar-refractivity contribution in [3.05, 3.63) is 12.2 Å². The first-order valence-corrected chi connectivity index (χ1v) is 10.5. The minimum Gasteiger partial charge on any atom is -0.464 e. The second kappa shape index (κ2) is 8.64. The third-order valence-corrected chi connectivity index (χ3v) is 5.95. The number of carbonyl (C=O) groups is 3. The Hall–Kier alpha value is -1.89. The van der Waals surface area contributed by atoms with E-state index in [1.807, 2.05) is 13.0 Å². The van der Waals surface area contributed by atoms with Crippen molar-refractivity contribution in [3.8, 4) is 0 Å². The Morgan fingerprint density at radius 2 is 2.14 bits per heavy atom. The maximum absolute atomic E-state index is 13.1. The fourth-order valence-electron chi connectivity index (χ4n) is 4.24. The summed E-state index contributed by atoms with van der Waals surface area (Å²) in [5, 5.41) is 2.95. The SMILES string of the molecule is CCOC(=O)C12CC1C=CCCCCOC(C)C(=O)N1CC(C)CC1C(=O)N2. The van der Waals surface area contributed by atoms with Gasteiger partial charge in [0.2, 0.25) is 5.91 Å². The van der Waals surface area contributed by atoms with Gasteiger partial charge < -0.3 is 19.7 Å². The average Bonchev–Trinajstić information content (AvgIpc) is 3.21. The van der Waals surface area contributed by atoms with Crippen molar-refractivity contribution in [2.75, 3.05) is 19.8 Å². The van der Waals surface area contributed by atoms with Gasteiger partial charge in [0.1, 0.15) is 17.7 Å². The van der Waals surface area contributed by atoms with Crippen molar-refractivity contribution >= 4 is 17.8 Å². The maximum atomic E-state index is 13.1. The third kappa shape index (κ3) is 4.24. The van der Waals surface area contributed by atoms with Crippen LogP contribution in [-0.2, 0) is 23.9 Å². The van der Waals surface area contributed by atoms with Crippen molar-refractivity contribution in [3.63, 3.8) is 0 Å². The maximum Gasteiger partial charge on any atom is 0.332 e. The average molecular weight is 392 g/mol. The van der Waals surface area contributed by atoms with Crippen LogP contribution in [0.2, 0.25) is 0 Å². The molecule has 0 aromatic heterocycles. The predicted molar refractivity (Wildman–Crippen MR) is 103 cm³/mol. The first kappa shape index (κ1) is 20.8. The van der Waals surface area contributed by atoms with Gasteiger partial charge in [-0.2, -0.15) is 0 Å². The summed E-state index contributed by atoms with van der Waals surface area (Å²) < 4.78 is 11.0. The molecule has 0 bridgehead atoms. The van der Waals surface area contributed by atoms with Gasteiger partial charge in [0, 0.05) is 19.1 Å². The minimum atomic E-state index is -0.994. The zero-order valence-corrected chi connectivity index (χ0v) is 17.1. The van der Waals surface area contributed by atoms with Crippen molar-refractivity contribution in [2.45, 2.75) is 70.6 Å². The highest BCUT2D eigenvalue weighted by Gasteiger charge is 2.62. The first-order chi connectivity index (χ1) is 13.4. The molecule has 156 valence electrons. The lowest BCUT2D eigenvalue weighted by atomic mass is 10.1. The highest BCUT2D eigenvalue weighted by Crippen LogP contribution is 2.46. The lowest BCUT2D eigenvalue weighted by molar-refractivity contribution is -0.151. The van der Waals surface area contributed by atoms with Gasteiger partial charge in [-0.25, -0.2) is 4.79 Å². The Morgan fingerprint density at radius 1 is 1.36 bits per heavy atom. The Labute approximate surface area is 166 Å². The Kier molecular flexibility index (Phi) is 6.43. The quantitative estimate of drug-likeness (QED) is 0.572. The Bertz CT molecular complexity index is 649. The molecule has 5 atom stereocenters. The molecular weight excluding hydrogens is 360 g/mol. The van der Waals surface area contributed by atoms with E-state index in [9.17, 15) is 14.4 Å². The summed E-state index contributed by atoms with van der Waals surface area (Å²) in [6.45, 7) is 6.86. The largest absolute Gasteiger partial charge is 0.464 e. The van der Waals surface area contributed by atoms with Crippen LogP contribution in [0, 0.1) is 11.8 Å². The molecule has 2 amide bonds. The van der Waals surface area contributed by atoms with E-state index in [4.69, 9.17) is 9.47 Å². The van der Waals surface area contributed by atoms with E-state index in [1.54, 1.807) is 18.7 Å². The van der Waals surface area contributed by atoms with Crippen molar-refractivity contribution in [2.24, 2.45) is 11.8 Å². The molecule has 3 aliphatic rings. The lowest BCUT2D eigenvalue weighted by Gasteiger charge is -2.28. The predicted octanol–water partition coefficient (Wildman–Crippen LogP) is 1.81. The van der Waals surface area contributed by atoms with E-state index in [0.717, 1.165) is 19.3 Å². The van der Waals surface area contributed by atoms with E-state index in [1.165, 1.54) is 0 Å². The molecule has 5 unspecified atom stereocenters. The van der Waals surface area contributed by atoms with Crippen LogP contribution in [0.25, 0.3) is 0 Å². The minimum absolute atomic E-state index is 0.0567. The van der Waals surface area contributed by atoms with E-state index >= 15 is 0 Å². The van der Waals surface area contributed by atoms with Crippen molar-refractivity contribution in [1.82, 2.24) is 10.2 Å². The molecule has 1 aliphatic carbocycles. The molecule has 7 nitrogen and oxygen atoms in total. The lowest BCUT2D eigenvalue weighted by Crippen LogP contribution is -2.54. The molecule has 0 aromatic carbocycles. The topological polar surface area (TPSA) is 84.9 Å². The molecule has 1 saturated carbocycles. The number of amides is 2. The van der Waals surface area contributed by atoms with E-state index in [0.29, 0.717) is 26.0 Å². The number of hydrogen-bond donors (Lipinski definition) is 1. The highest BCUT2D eigenvalue weighted by molar-refractivity contribution is 5.95. The number of carbonyl (C=O) groups excluding carboxylic acids is 3. The number of rotatable bonds is 2. The first-order valence-electron chi connectivity index (χ1n) is 10.5. The van der Waals surface area contributed by atoms with Crippen LogP contribution in [0.3, 0.4) is 0 Å². The van der Waals surface area contributed by atoms with Gasteiger partial charge in [-0.3, -0.25) is 9.59 Å². The summed E-state index contributed by atoms with van der Waals surface area (Å²) in [6, 6.07) is -0.574. The molecule has 3 rings (SSSR count). The number of nitrogens with one attached hydrogen (secondary N) is 1. The van der Waals surface area contributed by atoms with Gasteiger partial charge in [0.05, 0.1) is 6.61 Å². The molecule has 0 spiro atoms. The molecule has 1 saturated heterocycles. The van der Waals surface area contributed by atoms with E-state index < -0.39 is 17.7 Å². The zero-order chi connectivity index (χ0) is 20.3. The van der Waals surface area contributed by atoms with Gasteiger partial charge >= 0.3 is 5.97 Å². The van der Waals surface area contributed by atoms with Crippen LogP contribution >= 0.6 is 0 Å². The van der Waals surface area contributed by atoms with Gasteiger partial charge in [0.25, 0.3) is 5.91 Å². The second-order valence-corrected chi connectivity index (χ2v) is 8.28. The number of fused-ring (bicyclic) bond motifs is 2. The molecule has 2 aliphatic heterocycles. The van der Waals surface area contributed by atoms with Crippen LogP contribution in [-0.4, -0.2) is 60.1 Å². The number of ether oxygens (including phenoxy) is 2. The summed E-state index contributed by atoms with van der Waals surface area (Å²) in [7, 11) is 0. The highest BCUT2D eigenvalue weighted by atomic mass is 16.5. The second-order valence-electron chi connectivity index (χ2n) is 8.28. The summed E-state index contributed by atoms with van der Waals surface area (Å²) in [6.07, 6.45) is 7.33. The van der Waals surface area contributed by atoms with Crippen LogP contribution in [0.15, 0.2) is 12.2 Å². The molecule has 0 aromatic rings. The monoisotopic (exact) mass is 392 g/mol. The molecule has 2 fully saturated rings. The molecular formula is C21H32N2O5. The summed E-state index contributed by atoms with van der Waals surface area (Å²) in [5.74, 6) is -0.653. The van der Waals surface area contributed by atoms with Crippen LogP contribution < -0.4 is 5.32 Å². The van der Waals surface area contributed by atoms with Crippen molar-refractivity contribution in [1.29, 1.82) is 0 Å². The van der Waals surface area contributed by atoms with Crippen LogP contribution in [0.1, 0.15) is 52.9 Å². The Morgan fingerprint density at radius 3 is 2.89 bits per heavy atom. The van der Waals surface area contributed by atoms with Gasteiger partial charge in [-0.15, -0.1) is 0 Å². The van der Waals surface area contributed by atoms with Crippen LogP contribution in [0.5, 0.6) is 0 Å². The third-order valence-electron chi connectivity index (χ3n) is 5.95. The summed E-state index contributed by atoms with van der Waals surface area (Å²) in [4.78, 5) is 40.2. The molecule has 0 radical (unpaired) electrons.